The Bertz CT molecular complexity index is 1230. The summed E-state index contributed by atoms with van der Waals surface area (Å²) >= 11 is 1.21. The van der Waals surface area contributed by atoms with Crippen molar-refractivity contribution < 1.29 is 23.5 Å². The van der Waals surface area contributed by atoms with Gasteiger partial charge in [-0.3, -0.25) is 10.2 Å². The molecule has 0 atom stereocenters. The van der Waals surface area contributed by atoms with Gasteiger partial charge in [0.15, 0.2) is 5.82 Å². The number of halogens is 2. The summed E-state index contributed by atoms with van der Waals surface area (Å²) in [5, 5.41) is 17.3. The lowest BCUT2D eigenvalue weighted by Crippen LogP contribution is -2.20. The van der Waals surface area contributed by atoms with E-state index < -0.39 is 34.7 Å². The number of aromatic carboxylic acids is 1. The highest BCUT2D eigenvalue weighted by atomic mass is 32.2. The van der Waals surface area contributed by atoms with Crippen LogP contribution in [0.2, 0.25) is 0 Å². The van der Waals surface area contributed by atoms with Gasteiger partial charge in [0.25, 0.3) is 0 Å². The standard InChI is InChI=1S/C23H20F2N4O3S/c1-2-9-33-29-17-8-7-16(24)18(19(17)25)21(30)20(26)15-10-14(11-28-22(15)27)12-3-5-13(6-4-12)23(31)32/h3-8,10-11,26,29H,2,9H2,1H3,(H2,27,28)(H,31,32). The largest absolute Gasteiger partial charge is 0.478 e. The van der Waals surface area contributed by atoms with E-state index in [1.807, 2.05) is 6.92 Å². The first kappa shape index (κ1) is 23.9. The second-order valence-corrected chi connectivity index (χ2v) is 7.88. The molecule has 0 spiro atoms. The fourth-order valence-electron chi connectivity index (χ4n) is 2.96. The van der Waals surface area contributed by atoms with Gasteiger partial charge in [0.05, 0.1) is 16.8 Å². The van der Waals surface area contributed by atoms with Crippen molar-refractivity contribution in [1.29, 1.82) is 5.41 Å². The Balaban J connectivity index is 1.95. The molecule has 0 fully saturated rings. The van der Waals surface area contributed by atoms with E-state index in [-0.39, 0.29) is 22.6 Å². The van der Waals surface area contributed by atoms with Crippen LogP contribution in [0.4, 0.5) is 20.3 Å². The van der Waals surface area contributed by atoms with E-state index in [1.54, 1.807) is 0 Å². The van der Waals surface area contributed by atoms with Gasteiger partial charge in [-0.1, -0.05) is 31.0 Å². The molecule has 33 heavy (non-hydrogen) atoms. The Morgan fingerprint density at radius 2 is 1.85 bits per heavy atom. The molecule has 1 aromatic heterocycles. The Labute approximate surface area is 192 Å². The Morgan fingerprint density at radius 1 is 1.15 bits per heavy atom. The van der Waals surface area contributed by atoms with Gasteiger partial charge in [0.1, 0.15) is 17.3 Å². The number of anilines is 2. The Morgan fingerprint density at radius 3 is 2.48 bits per heavy atom. The number of nitrogens with zero attached hydrogens (tertiary/aromatic N) is 1. The number of carbonyl (C=O) groups excluding carboxylic acids is 1. The molecule has 5 N–H and O–H groups in total. The Hall–Kier alpha value is -3.79. The first-order chi connectivity index (χ1) is 15.7. The van der Waals surface area contributed by atoms with Gasteiger partial charge in [-0.2, -0.15) is 0 Å². The van der Waals surface area contributed by atoms with Gasteiger partial charge < -0.3 is 15.6 Å². The van der Waals surface area contributed by atoms with Crippen LogP contribution in [-0.4, -0.2) is 33.3 Å². The Kier molecular flexibility index (Phi) is 7.39. The third-order valence-electron chi connectivity index (χ3n) is 4.69. The molecular formula is C23H20F2N4O3S. The average Bonchev–Trinajstić information content (AvgIpc) is 2.80. The van der Waals surface area contributed by atoms with Gasteiger partial charge in [0, 0.05) is 23.1 Å². The highest BCUT2D eigenvalue weighted by molar-refractivity contribution is 8.00. The van der Waals surface area contributed by atoms with Crippen LogP contribution in [-0.2, 0) is 0 Å². The highest BCUT2D eigenvalue weighted by Gasteiger charge is 2.26. The zero-order chi connectivity index (χ0) is 24.1. The minimum Gasteiger partial charge on any atom is -0.478 e. The molecule has 0 aliphatic heterocycles. The summed E-state index contributed by atoms with van der Waals surface area (Å²) in [4.78, 5) is 27.9. The van der Waals surface area contributed by atoms with E-state index in [0.717, 1.165) is 12.5 Å². The van der Waals surface area contributed by atoms with Crippen LogP contribution in [0.3, 0.4) is 0 Å². The van der Waals surface area contributed by atoms with Gasteiger partial charge in [-0.25, -0.2) is 18.6 Å². The number of nitrogens with two attached hydrogens (primary N) is 1. The van der Waals surface area contributed by atoms with E-state index >= 15 is 0 Å². The summed E-state index contributed by atoms with van der Waals surface area (Å²) < 4.78 is 32.1. The number of aromatic nitrogens is 1. The third kappa shape index (κ3) is 5.17. The van der Waals surface area contributed by atoms with E-state index in [2.05, 4.69) is 9.71 Å². The first-order valence-corrected chi connectivity index (χ1v) is 10.8. The average molecular weight is 471 g/mol. The van der Waals surface area contributed by atoms with Gasteiger partial charge >= 0.3 is 5.97 Å². The molecule has 0 radical (unpaired) electrons. The fraction of sp³-hybridized carbons (Fsp3) is 0.130. The topological polar surface area (TPSA) is 129 Å². The van der Waals surface area contributed by atoms with Crippen LogP contribution in [0.15, 0.2) is 48.7 Å². The molecule has 3 rings (SSSR count). The molecular weight excluding hydrogens is 450 g/mol. The zero-order valence-electron chi connectivity index (χ0n) is 17.5. The summed E-state index contributed by atoms with van der Waals surface area (Å²) in [6, 6.07) is 9.40. The van der Waals surface area contributed by atoms with Crippen molar-refractivity contribution in [1.82, 2.24) is 4.98 Å². The zero-order valence-corrected chi connectivity index (χ0v) is 18.3. The summed E-state index contributed by atoms with van der Waals surface area (Å²) in [5.41, 5.74) is 5.19. The van der Waals surface area contributed by atoms with Crippen molar-refractivity contribution in [3.05, 3.63) is 77.0 Å². The lowest BCUT2D eigenvalue weighted by atomic mass is 9.97. The predicted molar refractivity (Wildman–Crippen MR) is 125 cm³/mol. The van der Waals surface area contributed by atoms with Crippen molar-refractivity contribution in [3.8, 4) is 11.1 Å². The smallest absolute Gasteiger partial charge is 0.335 e. The number of nitrogens with one attached hydrogen (secondary N) is 2. The molecule has 170 valence electrons. The van der Waals surface area contributed by atoms with Crippen LogP contribution < -0.4 is 10.5 Å². The van der Waals surface area contributed by atoms with Crippen LogP contribution in [0.1, 0.15) is 39.6 Å². The number of nitrogen functional groups attached to an aromatic ring is 1. The highest BCUT2D eigenvalue weighted by Crippen LogP contribution is 2.27. The van der Waals surface area contributed by atoms with Crippen molar-refractivity contribution in [2.75, 3.05) is 16.2 Å². The number of pyridine rings is 1. The maximum Gasteiger partial charge on any atom is 0.335 e. The number of carbonyl (C=O) groups is 2. The normalized spacial score (nSPS) is 10.6. The number of carboxylic acids is 1. The molecule has 0 saturated carbocycles. The lowest BCUT2D eigenvalue weighted by Gasteiger charge is -2.12. The predicted octanol–water partition coefficient (Wildman–Crippen LogP) is 5.03. The second kappa shape index (κ2) is 10.2. The van der Waals surface area contributed by atoms with Gasteiger partial charge in [-0.15, -0.1) is 0 Å². The van der Waals surface area contributed by atoms with E-state index in [4.69, 9.17) is 16.2 Å². The summed E-state index contributed by atoms with van der Waals surface area (Å²) in [6.45, 7) is 1.94. The number of carboxylic acid groups (broad SMARTS) is 1. The monoisotopic (exact) mass is 470 g/mol. The molecule has 0 aliphatic rings. The summed E-state index contributed by atoms with van der Waals surface area (Å²) in [5.74, 6) is -3.94. The van der Waals surface area contributed by atoms with Crippen molar-refractivity contribution >= 4 is 40.9 Å². The van der Waals surface area contributed by atoms with Crippen LogP contribution in [0, 0.1) is 17.0 Å². The number of ketones is 1. The minimum atomic E-state index is -1.18. The molecule has 0 saturated heterocycles. The van der Waals surface area contributed by atoms with Gasteiger partial charge in [0.2, 0.25) is 5.78 Å². The van der Waals surface area contributed by atoms with E-state index in [0.29, 0.717) is 16.9 Å². The number of hydrogen-bond acceptors (Lipinski definition) is 7. The van der Waals surface area contributed by atoms with Crippen LogP contribution in [0.25, 0.3) is 11.1 Å². The number of Topliss-reactive ketones (excluding diaryl/α,β-unsaturated/α-hetero) is 1. The van der Waals surface area contributed by atoms with Crippen LogP contribution in [0.5, 0.6) is 0 Å². The second-order valence-electron chi connectivity index (χ2n) is 6.98. The van der Waals surface area contributed by atoms with Crippen molar-refractivity contribution in [2.24, 2.45) is 0 Å². The SMILES string of the molecule is CCCSNc1ccc(F)c(C(=O)C(=N)c2cc(-c3ccc(C(=O)O)cc3)cnc2N)c1F. The number of benzene rings is 2. The van der Waals surface area contributed by atoms with Gasteiger partial charge in [-0.05, 0) is 42.3 Å². The van der Waals surface area contributed by atoms with E-state index in [9.17, 15) is 18.4 Å². The molecule has 10 heteroatoms. The first-order valence-electron chi connectivity index (χ1n) is 9.83. The lowest BCUT2D eigenvalue weighted by molar-refractivity contribution is 0.0696. The fourth-order valence-corrected chi connectivity index (χ4v) is 3.58. The molecule has 2 aromatic carbocycles. The molecule has 7 nitrogen and oxygen atoms in total. The minimum absolute atomic E-state index is 0.0654. The maximum atomic E-state index is 14.9. The molecule has 0 bridgehead atoms. The summed E-state index contributed by atoms with van der Waals surface area (Å²) in [7, 11) is 0. The molecule has 0 amide bonds. The van der Waals surface area contributed by atoms with Crippen molar-refractivity contribution in [2.45, 2.75) is 13.3 Å². The van der Waals surface area contributed by atoms with Crippen molar-refractivity contribution in [3.63, 3.8) is 0 Å². The number of rotatable bonds is 9. The third-order valence-corrected chi connectivity index (χ3v) is 5.66. The molecule has 1 heterocycles. The van der Waals surface area contributed by atoms with E-state index in [1.165, 1.54) is 54.5 Å². The molecule has 0 aliphatic carbocycles. The number of hydrogen-bond donors (Lipinski definition) is 4. The summed E-state index contributed by atoms with van der Waals surface area (Å²) in [6.07, 6.45) is 2.22. The maximum absolute atomic E-state index is 14.9. The molecule has 0 unspecified atom stereocenters. The van der Waals surface area contributed by atoms with Crippen LogP contribution >= 0.6 is 11.9 Å². The molecule has 3 aromatic rings. The quantitative estimate of drug-likeness (QED) is 0.149.